The molecule has 20 heavy (non-hydrogen) atoms. The molecule has 0 saturated heterocycles. The van der Waals surface area contributed by atoms with Crippen molar-refractivity contribution < 1.29 is 14.7 Å². The van der Waals surface area contributed by atoms with Gasteiger partial charge >= 0.3 is 5.97 Å². The van der Waals surface area contributed by atoms with Crippen molar-refractivity contribution in [2.45, 2.75) is 51.5 Å². The van der Waals surface area contributed by atoms with E-state index in [0.717, 1.165) is 12.8 Å². The maximum Gasteiger partial charge on any atom is 0.303 e. The lowest BCUT2D eigenvalue weighted by Gasteiger charge is -2.25. The van der Waals surface area contributed by atoms with Crippen molar-refractivity contribution in [1.29, 1.82) is 0 Å². The van der Waals surface area contributed by atoms with Crippen LogP contribution in [0.5, 0.6) is 0 Å². The first-order valence-corrected chi connectivity index (χ1v) is 6.96. The van der Waals surface area contributed by atoms with Gasteiger partial charge in [0.05, 0.1) is 0 Å². The van der Waals surface area contributed by atoms with Crippen LogP contribution < -0.4 is 5.32 Å². The molecule has 2 N–H and O–H groups in total. The van der Waals surface area contributed by atoms with Gasteiger partial charge < -0.3 is 10.4 Å². The molecule has 0 aromatic heterocycles. The predicted octanol–water partition coefficient (Wildman–Crippen LogP) is 2.77. The Hall–Kier alpha value is -1.84. The van der Waals surface area contributed by atoms with Crippen LogP contribution in [0.1, 0.15) is 45.1 Å². The van der Waals surface area contributed by atoms with Crippen molar-refractivity contribution >= 4 is 11.9 Å². The maximum absolute atomic E-state index is 11.8. The van der Waals surface area contributed by atoms with Crippen molar-refractivity contribution in [2.24, 2.45) is 0 Å². The van der Waals surface area contributed by atoms with Crippen LogP contribution in [0.4, 0.5) is 0 Å². The Balaban J connectivity index is 2.27. The zero-order valence-corrected chi connectivity index (χ0v) is 12.2. The van der Waals surface area contributed by atoms with Crippen LogP contribution >= 0.6 is 0 Å². The van der Waals surface area contributed by atoms with E-state index in [0.29, 0.717) is 12.8 Å². The van der Waals surface area contributed by atoms with Gasteiger partial charge in [-0.2, -0.15) is 0 Å². The number of rotatable bonds is 8. The van der Waals surface area contributed by atoms with Crippen LogP contribution in [0, 0.1) is 0 Å². The lowest BCUT2D eigenvalue weighted by molar-refractivity contribution is -0.137. The molecule has 0 bridgehead atoms. The third-order valence-corrected chi connectivity index (χ3v) is 3.15. The first-order valence-electron chi connectivity index (χ1n) is 6.96. The molecule has 4 heteroatoms. The minimum Gasteiger partial charge on any atom is -0.481 e. The fourth-order valence-corrected chi connectivity index (χ4v) is 2.02. The second kappa shape index (κ2) is 7.68. The summed E-state index contributed by atoms with van der Waals surface area (Å²) in [5, 5.41) is 11.6. The fourth-order valence-electron chi connectivity index (χ4n) is 2.02. The monoisotopic (exact) mass is 277 g/mol. The normalized spacial score (nSPS) is 11.1. The second-order valence-electron chi connectivity index (χ2n) is 5.66. The molecular weight excluding hydrogens is 254 g/mol. The summed E-state index contributed by atoms with van der Waals surface area (Å²) in [6.07, 6.45) is 2.64. The highest BCUT2D eigenvalue weighted by Crippen LogP contribution is 2.12. The molecular formula is C16H23NO3. The van der Waals surface area contributed by atoms with E-state index in [1.54, 1.807) is 0 Å². The lowest BCUT2D eigenvalue weighted by atomic mass is 9.98. The largest absolute Gasteiger partial charge is 0.481 e. The van der Waals surface area contributed by atoms with Crippen molar-refractivity contribution in [1.82, 2.24) is 5.32 Å². The molecule has 110 valence electrons. The maximum atomic E-state index is 11.8. The van der Waals surface area contributed by atoms with Gasteiger partial charge in [0, 0.05) is 18.4 Å². The van der Waals surface area contributed by atoms with Crippen LogP contribution in [0.25, 0.3) is 0 Å². The molecule has 0 radical (unpaired) electrons. The summed E-state index contributed by atoms with van der Waals surface area (Å²) < 4.78 is 0. The summed E-state index contributed by atoms with van der Waals surface area (Å²) in [4.78, 5) is 22.4. The Morgan fingerprint density at radius 2 is 1.80 bits per heavy atom. The quantitative estimate of drug-likeness (QED) is 0.768. The number of hydrogen-bond donors (Lipinski definition) is 2. The lowest BCUT2D eigenvalue weighted by Crippen LogP contribution is -2.43. The molecule has 0 aliphatic rings. The highest BCUT2D eigenvalue weighted by atomic mass is 16.4. The average Bonchev–Trinajstić information content (AvgIpc) is 2.37. The average molecular weight is 277 g/mol. The molecule has 4 nitrogen and oxygen atoms in total. The van der Waals surface area contributed by atoms with E-state index in [9.17, 15) is 9.59 Å². The molecule has 0 aliphatic carbocycles. The van der Waals surface area contributed by atoms with Gasteiger partial charge in [-0.1, -0.05) is 30.3 Å². The van der Waals surface area contributed by atoms with Crippen LogP contribution in [0.2, 0.25) is 0 Å². The SMILES string of the molecule is CC(C)(CCC(=O)O)NC(=O)CCCc1ccccc1. The first kappa shape index (κ1) is 16.2. The summed E-state index contributed by atoms with van der Waals surface area (Å²) in [5.74, 6) is -0.854. The first-order chi connectivity index (χ1) is 9.39. The zero-order chi connectivity index (χ0) is 15.0. The highest BCUT2D eigenvalue weighted by Gasteiger charge is 2.21. The second-order valence-corrected chi connectivity index (χ2v) is 5.66. The molecule has 0 saturated carbocycles. The van der Waals surface area contributed by atoms with Crippen molar-refractivity contribution in [2.75, 3.05) is 0 Å². The molecule has 0 heterocycles. The predicted molar refractivity (Wildman–Crippen MR) is 78.5 cm³/mol. The number of aryl methyl sites for hydroxylation is 1. The van der Waals surface area contributed by atoms with Gasteiger partial charge in [-0.25, -0.2) is 0 Å². The van der Waals surface area contributed by atoms with E-state index in [4.69, 9.17) is 5.11 Å². The Morgan fingerprint density at radius 3 is 2.40 bits per heavy atom. The highest BCUT2D eigenvalue weighted by molar-refractivity contribution is 5.76. The number of carboxylic acid groups (broad SMARTS) is 1. The minimum atomic E-state index is -0.837. The third-order valence-electron chi connectivity index (χ3n) is 3.15. The smallest absolute Gasteiger partial charge is 0.303 e. The topological polar surface area (TPSA) is 66.4 Å². The van der Waals surface area contributed by atoms with Gasteiger partial charge in [0.15, 0.2) is 0 Å². The van der Waals surface area contributed by atoms with Crippen LogP contribution in [0.3, 0.4) is 0 Å². The van der Waals surface area contributed by atoms with Crippen molar-refractivity contribution in [3.8, 4) is 0 Å². The fraction of sp³-hybridized carbons (Fsp3) is 0.500. The summed E-state index contributed by atoms with van der Waals surface area (Å²) in [6, 6.07) is 10.1. The van der Waals surface area contributed by atoms with Crippen LogP contribution in [-0.4, -0.2) is 22.5 Å². The Bertz CT molecular complexity index is 440. The summed E-state index contributed by atoms with van der Waals surface area (Å²) >= 11 is 0. The van der Waals surface area contributed by atoms with Crippen LogP contribution in [-0.2, 0) is 16.0 Å². The van der Waals surface area contributed by atoms with E-state index >= 15 is 0 Å². The van der Waals surface area contributed by atoms with Gasteiger partial charge in [0.25, 0.3) is 0 Å². The molecule has 1 amide bonds. The van der Waals surface area contributed by atoms with E-state index in [1.165, 1.54) is 5.56 Å². The number of carbonyl (C=O) groups is 2. The third kappa shape index (κ3) is 6.92. The van der Waals surface area contributed by atoms with E-state index in [2.05, 4.69) is 17.4 Å². The van der Waals surface area contributed by atoms with Gasteiger partial charge in [-0.05, 0) is 38.7 Å². The molecule has 0 spiro atoms. The van der Waals surface area contributed by atoms with Gasteiger partial charge in [0.1, 0.15) is 0 Å². The number of carbonyl (C=O) groups excluding carboxylic acids is 1. The van der Waals surface area contributed by atoms with E-state index in [1.807, 2.05) is 32.0 Å². The number of amides is 1. The van der Waals surface area contributed by atoms with E-state index < -0.39 is 11.5 Å². The van der Waals surface area contributed by atoms with Gasteiger partial charge in [-0.15, -0.1) is 0 Å². The molecule has 0 fully saturated rings. The van der Waals surface area contributed by atoms with Crippen LogP contribution in [0.15, 0.2) is 30.3 Å². The molecule has 1 rings (SSSR count). The Kier molecular flexibility index (Phi) is 6.22. The summed E-state index contributed by atoms with van der Waals surface area (Å²) in [5.41, 5.74) is 0.757. The number of nitrogens with one attached hydrogen (secondary N) is 1. The summed E-state index contributed by atoms with van der Waals surface area (Å²) in [7, 11) is 0. The van der Waals surface area contributed by atoms with Gasteiger partial charge in [0.2, 0.25) is 5.91 Å². The Morgan fingerprint density at radius 1 is 1.15 bits per heavy atom. The molecule has 0 atom stereocenters. The number of hydrogen-bond acceptors (Lipinski definition) is 2. The standard InChI is InChI=1S/C16H23NO3/c1-16(2,12-11-15(19)20)17-14(18)10-6-9-13-7-4-3-5-8-13/h3-5,7-8H,6,9-12H2,1-2H3,(H,17,18)(H,19,20). The summed E-state index contributed by atoms with van der Waals surface area (Å²) in [6.45, 7) is 3.70. The number of aliphatic carboxylic acids is 1. The van der Waals surface area contributed by atoms with Gasteiger partial charge in [-0.3, -0.25) is 9.59 Å². The minimum absolute atomic E-state index is 0.0173. The van der Waals surface area contributed by atoms with Crippen molar-refractivity contribution in [3.05, 3.63) is 35.9 Å². The van der Waals surface area contributed by atoms with E-state index in [-0.39, 0.29) is 12.3 Å². The molecule has 1 aromatic carbocycles. The molecule has 1 aromatic rings. The number of benzene rings is 1. The number of carboxylic acids is 1. The molecule has 0 aliphatic heterocycles. The Labute approximate surface area is 120 Å². The van der Waals surface area contributed by atoms with Crippen molar-refractivity contribution in [3.63, 3.8) is 0 Å². The molecule has 0 unspecified atom stereocenters. The zero-order valence-electron chi connectivity index (χ0n) is 12.2.